The molecule has 8 heteroatoms. The van der Waals surface area contributed by atoms with E-state index in [9.17, 15) is 4.79 Å². The molecule has 1 aliphatic rings. The lowest BCUT2D eigenvalue weighted by Crippen LogP contribution is -2.36. The van der Waals surface area contributed by atoms with E-state index in [4.69, 9.17) is 15.2 Å². The molecule has 0 radical (unpaired) electrons. The Morgan fingerprint density at radius 3 is 2.71 bits per heavy atom. The summed E-state index contributed by atoms with van der Waals surface area (Å²) in [5.74, 6) is 1.36. The van der Waals surface area contributed by atoms with Gasteiger partial charge >= 0.3 is 5.97 Å². The fraction of sp³-hybridized carbons (Fsp3) is 0.391. The fourth-order valence-electron chi connectivity index (χ4n) is 3.76. The van der Waals surface area contributed by atoms with Crippen LogP contribution in [0.1, 0.15) is 55.7 Å². The van der Waals surface area contributed by atoms with Crippen LogP contribution >= 0.6 is 0 Å². The number of fused-ring (bicyclic) bond motifs is 2. The molecule has 0 fully saturated rings. The molecule has 162 valence electrons. The zero-order chi connectivity index (χ0) is 22.4. The summed E-state index contributed by atoms with van der Waals surface area (Å²) in [5.41, 5.74) is 7.52. The van der Waals surface area contributed by atoms with Gasteiger partial charge in [-0.2, -0.15) is 0 Å². The Morgan fingerprint density at radius 2 is 2.00 bits per heavy atom. The topological polar surface area (TPSA) is 112 Å². The van der Waals surface area contributed by atoms with E-state index in [-0.39, 0.29) is 5.97 Å². The lowest BCUT2D eigenvalue weighted by Gasteiger charge is -2.30. The SMILES string of the molecule is CC[C@@](C)(N)c1cnc(OC)c2cnc(Nc3ccc4c(n3)CC(C)(C)OC4=O)cc12. The molecule has 3 aromatic rings. The van der Waals surface area contributed by atoms with Crippen molar-refractivity contribution in [3.63, 3.8) is 0 Å². The largest absolute Gasteiger partial charge is 0.481 e. The van der Waals surface area contributed by atoms with Gasteiger partial charge in [0.1, 0.15) is 17.2 Å². The number of nitrogens with two attached hydrogens (primary N) is 1. The van der Waals surface area contributed by atoms with E-state index >= 15 is 0 Å². The van der Waals surface area contributed by atoms with Crippen molar-refractivity contribution in [2.45, 2.75) is 51.7 Å². The number of cyclic esters (lactones) is 1. The molecule has 31 heavy (non-hydrogen) atoms. The quantitative estimate of drug-likeness (QED) is 0.598. The minimum atomic E-state index is -0.582. The van der Waals surface area contributed by atoms with Crippen molar-refractivity contribution in [2.24, 2.45) is 5.73 Å². The van der Waals surface area contributed by atoms with Crippen molar-refractivity contribution in [1.29, 1.82) is 0 Å². The Labute approximate surface area is 181 Å². The predicted molar refractivity (Wildman–Crippen MR) is 119 cm³/mol. The molecule has 1 atom stereocenters. The number of hydrogen-bond donors (Lipinski definition) is 2. The van der Waals surface area contributed by atoms with Crippen LogP contribution in [0.4, 0.5) is 11.6 Å². The van der Waals surface area contributed by atoms with Crippen LogP contribution in [-0.4, -0.2) is 33.6 Å². The molecule has 0 saturated carbocycles. The molecule has 4 heterocycles. The molecule has 0 amide bonds. The predicted octanol–water partition coefficient (Wildman–Crippen LogP) is 3.85. The molecular weight excluding hydrogens is 394 g/mol. The number of pyridine rings is 3. The number of nitrogens with zero attached hydrogens (tertiary/aromatic N) is 3. The van der Waals surface area contributed by atoms with E-state index < -0.39 is 11.1 Å². The van der Waals surface area contributed by atoms with Crippen LogP contribution in [0.25, 0.3) is 10.8 Å². The van der Waals surface area contributed by atoms with Gasteiger partial charge in [-0.3, -0.25) is 0 Å². The second kappa shape index (κ2) is 7.46. The van der Waals surface area contributed by atoms with Gasteiger partial charge in [-0.15, -0.1) is 0 Å². The number of carbonyl (C=O) groups excluding carboxylic acids is 1. The molecule has 8 nitrogen and oxygen atoms in total. The average Bonchev–Trinajstić information content (AvgIpc) is 2.71. The lowest BCUT2D eigenvalue weighted by atomic mass is 9.88. The first-order valence-corrected chi connectivity index (χ1v) is 10.3. The highest BCUT2D eigenvalue weighted by Crippen LogP contribution is 2.34. The molecule has 0 bridgehead atoms. The van der Waals surface area contributed by atoms with E-state index in [1.165, 1.54) is 0 Å². The first-order valence-electron chi connectivity index (χ1n) is 10.3. The summed E-state index contributed by atoms with van der Waals surface area (Å²) in [6.07, 6.45) is 4.78. The number of rotatable bonds is 5. The number of carbonyl (C=O) groups is 1. The zero-order valence-electron chi connectivity index (χ0n) is 18.4. The molecule has 0 aliphatic carbocycles. The molecule has 0 spiro atoms. The van der Waals surface area contributed by atoms with Crippen LogP contribution in [0, 0.1) is 0 Å². The number of anilines is 2. The summed E-state index contributed by atoms with van der Waals surface area (Å²) in [5, 5.41) is 4.95. The highest BCUT2D eigenvalue weighted by molar-refractivity contribution is 5.93. The van der Waals surface area contributed by atoms with Crippen LogP contribution in [0.15, 0.2) is 30.6 Å². The Bertz CT molecular complexity index is 1170. The summed E-state index contributed by atoms with van der Waals surface area (Å²) in [6.45, 7) is 7.78. The first kappa shape index (κ1) is 21.0. The van der Waals surface area contributed by atoms with E-state index in [0.717, 1.165) is 22.8 Å². The van der Waals surface area contributed by atoms with Crippen LogP contribution < -0.4 is 15.8 Å². The molecule has 0 aromatic carbocycles. The first-order chi connectivity index (χ1) is 14.6. The molecule has 1 aliphatic heterocycles. The summed E-state index contributed by atoms with van der Waals surface area (Å²) in [6, 6.07) is 5.40. The Hall–Kier alpha value is -3.26. The van der Waals surface area contributed by atoms with Crippen LogP contribution in [0.5, 0.6) is 5.88 Å². The minimum absolute atomic E-state index is 0.347. The summed E-state index contributed by atoms with van der Waals surface area (Å²) in [7, 11) is 1.58. The second-order valence-corrected chi connectivity index (χ2v) is 8.71. The normalized spacial score (nSPS) is 16.9. The smallest absolute Gasteiger partial charge is 0.340 e. The van der Waals surface area contributed by atoms with Crippen molar-refractivity contribution >= 4 is 28.4 Å². The summed E-state index contributed by atoms with van der Waals surface area (Å²) in [4.78, 5) is 25.8. The van der Waals surface area contributed by atoms with Crippen molar-refractivity contribution in [1.82, 2.24) is 15.0 Å². The van der Waals surface area contributed by atoms with E-state index in [2.05, 4.69) is 20.3 Å². The molecule has 4 rings (SSSR count). The van der Waals surface area contributed by atoms with E-state index in [1.54, 1.807) is 31.6 Å². The van der Waals surface area contributed by atoms with Gasteiger partial charge in [0.2, 0.25) is 5.88 Å². The van der Waals surface area contributed by atoms with Gasteiger partial charge in [-0.25, -0.2) is 19.7 Å². The van der Waals surface area contributed by atoms with Gasteiger partial charge in [0.05, 0.1) is 23.8 Å². The number of nitrogens with one attached hydrogen (secondary N) is 1. The maximum Gasteiger partial charge on any atom is 0.340 e. The Morgan fingerprint density at radius 1 is 1.23 bits per heavy atom. The molecule has 0 saturated heterocycles. The number of hydrogen-bond acceptors (Lipinski definition) is 8. The van der Waals surface area contributed by atoms with Gasteiger partial charge in [-0.1, -0.05) is 6.92 Å². The Kier molecular flexibility index (Phi) is 5.05. The summed E-state index contributed by atoms with van der Waals surface area (Å²) >= 11 is 0. The van der Waals surface area contributed by atoms with Gasteiger partial charge < -0.3 is 20.5 Å². The monoisotopic (exact) mass is 421 g/mol. The molecule has 0 unspecified atom stereocenters. The van der Waals surface area contributed by atoms with Crippen molar-refractivity contribution < 1.29 is 14.3 Å². The minimum Gasteiger partial charge on any atom is -0.481 e. The van der Waals surface area contributed by atoms with Crippen LogP contribution in [-0.2, 0) is 16.7 Å². The van der Waals surface area contributed by atoms with Gasteiger partial charge in [0.15, 0.2) is 0 Å². The number of aromatic nitrogens is 3. The number of methoxy groups -OCH3 is 1. The maximum atomic E-state index is 12.2. The second-order valence-electron chi connectivity index (χ2n) is 8.71. The van der Waals surface area contributed by atoms with Crippen LogP contribution in [0.2, 0.25) is 0 Å². The average molecular weight is 422 g/mol. The molecular formula is C23H27N5O3. The van der Waals surface area contributed by atoms with E-state index in [0.29, 0.717) is 35.2 Å². The molecule has 3 aromatic heterocycles. The van der Waals surface area contributed by atoms with Crippen LogP contribution in [0.3, 0.4) is 0 Å². The van der Waals surface area contributed by atoms with Crippen molar-refractivity contribution in [3.8, 4) is 5.88 Å². The highest BCUT2D eigenvalue weighted by Gasteiger charge is 2.33. The van der Waals surface area contributed by atoms with Crippen molar-refractivity contribution in [3.05, 3.63) is 47.4 Å². The highest BCUT2D eigenvalue weighted by atomic mass is 16.6. The Balaban J connectivity index is 1.75. The number of esters is 1. The van der Waals surface area contributed by atoms with E-state index in [1.807, 2.05) is 33.8 Å². The van der Waals surface area contributed by atoms with Crippen molar-refractivity contribution in [2.75, 3.05) is 12.4 Å². The lowest BCUT2D eigenvalue weighted by molar-refractivity contribution is -0.00714. The third-order valence-corrected chi connectivity index (χ3v) is 5.69. The fourth-order valence-corrected chi connectivity index (χ4v) is 3.76. The zero-order valence-corrected chi connectivity index (χ0v) is 18.4. The standard InChI is InChI=1S/C23H27N5O3/c1-6-23(4,24)16-12-26-20(30-5)15-11-25-19(9-14(15)16)28-18-8-7-13-17(27-18)10-22(2,3)31-21(13)29/h7-9,11-12H,6,10,24H2,1-5H3,(H,25,27,28)/t23-/m1/s1. The summed E-state index contributed by atoms with van der Waals surface area (Å²) < 4.78 is 10.9. The maximum absolute atomic E-state index is 12.2. The number of ether oxygens (including phenoxy) is 2. The third kappa shape index (κ3) is 3.90. The third-order valence-electron chi connectivity index (χ3n) is 5.69. The van der Waals surface area contributed by atoms with Gasteiger partial charge in [0.25, 0.3) is 0 Å². The van der Waals surface area contributed by atoms with Gasteiger partial charge in [0, 0.05) is 24.4 Å². The van der Waals surface area contributed by atoms with Gasteiger partial charge in [-0.05, 0) is 56.3 Å². The molecule has 3 N–H and O–H groups in total.